The van der Waals surface area contributed by atoms with Crippen molar-refractivity contribution in [3.63, 3.8) is 0 Å². The van der Waals surface area contributed by atoms with Gasteiger partial charge < -0.3 is 13.9 Å². The molecule has 1 atom stereocenters. The van der Waals surface area contributed by atoms with Crippen LogP contribution >= 0.6 is 0 Å². The van der Waals surface area contributed by atoms with E-state index >= 15 is 0 Å². The molecule has 9 heteroatoms. The standard InChI is InChI=1S/C12H21F3O5Si/c1-8(2)7-19-10(17)11(9(16)18-3,12(13,14)15)20-21(4,5)6/h8H,7H2,1-6H3. The van der Waals surface area contributed by atoms with Crippen molar-refractivity contribution in [2.75, 3.05) is 13.7 Å². The normalized spacial score (nSPS) is 15.5. The summed E-state index contributed by atoms with van der Waals surface area (Å²) in [5.74, 6) is -3.81. The van der Waals surface area contributed by atoms with Gasteiger partial charge in [-0.25, -0.2) is 9.59 Å². The number of hydrogen-bond donors (Lipinski definition) is 0. The first kappa shape index (κ1) is 19.9. The van der Waals surface area contributed by atoms with Crippen molar-refractivity contribution in [3.05, 3.63) is 0 Å². The Bertz CT molecular complexity index is 389. The van der Waals surface area contributed by atoms with Gasteiger partial charge in [0.25, 0.3) is 0 Å². The number of ether oxygens (including phenoxy) is 2. The van der Waals surface area contributed by atoms with E-state index < -0.39 is 32.0 Å². The van der Waals surface area contributed by atoms with Crippen molar-refractivity contribution in [2.24, 2.45) is 5.92 Å². The van der Waals surface area contributed by atoms with Crippen molar-refractivity contribution in [2.45, 2.75) is 45.3 Å². The molecule has 0 bridgehead atoms. The summed E-state index contributed by atoms with van der Waals surface area (Å²) < 4.78 is 53.9. The molecule has 124 valence electrons. The van der Waals surface area contributed by atoms with E-state index in [4.69, 9.17) is 4.43 Å². The van der Waals surface area contributed by atoms with Crippen LogP contribution in [0, 0.1) is 5.92 Å². The molecule has 5 nitrogen and oxygen atoms in total. The molecule has 0 rings (SSSR count). The summed E-state index contributed by atoms with van der Waals surface area (Å²) in [5.41, 5.74) is -3.74. The van der Waals surface area contributed by atoms with Gasteiger partial charge in [0, 0.05) is 0 Å². The summed E-state index contributed by atoms with van der Waals surface area (Å²) in [6.07, 6.45) is -5.28. The molecule has 0 saturated heterocycles. The second kappa shape index (κ2) is 6.78. The van der Waals surface area contributed by atoms with E-state index in [1.54, 1.807) is 13.8 Å². The Hall–Kier alpha value is -1.09. The predicted octanol–water partition coefficient (Wildman–Crippen LogP) is 2.51. The fraction of sp³-hybridized carbons (Fsp3) is 0.833. The first-order valence-electron chi connectivity index (χ1n) is 6.30. The van der Waals surface area contributed by atoms with Crippen molar-refractivity contribution in [3.8, 4) is 0 Å². The number of esters is 2. The molecule has 0 aliphatic rings. The summed E-state index contributed by atoms with van der Waals surface area (Å²) in [6.45, 7) is 7.31. The highest BCUT2D eigenvalue weighted by Gasteiger charge is 2.71. The van der Waals surface area contributed by atoms with Crippen molar-refractivity contribution < 1.29 is 36.7 Å². The summed E-state index contributed by atoms with van der Waals surface area (Å²) in [6, 6.07) is 0. The molecule has 0 heterocycles. The van der Waals surface area contributed by atoms with Crippen molar-refractivity contribution >= 4 is 20.3 Å². The Balaban J connectivity index is 5.80. The van der Waals surface area contributed by atoms with Crippen LogP contribution in [0.3, 0.4) is 0 Å². The number of carbonyl (C=O) groups excluding carboxylic acids is 2. The number of halogens is 3. The van der Waals surface area contributed by atoms with Gasteiger partial charge in [-0.3, -0.25) is 0 Å². The minimum atomic E-state index is -5.28. The summed E-state index contributed by atoms with van der Waals surface area (Å²) in [7, 11) is -2.17. The van der Waals surface area contributed by atoms with Crippen LogP contribution < -0.4 is 0 Å². The van der Waals surface area contributed by atoms with E-state index in [1.165, 1.54) is 19.6 Å². The smallest absolute Gasteiger partial charge is 0.438 e. The molecule has 0 radical (unpaired) electrons. The molecule has 0 aromatic heterocycles. The van der Waals surface area contributed by atoms with Crippen molar-refractivity contribution in [1.82, 2.24) is 0 Å². The summed E-state index contributed by atoms with van der Waals surface area (Å²) in [5, 5.41) is 0. The van der Waals surface area contributed by atoms with E-state index in [9.17, 15) is 22.8 Å². The van der Waals surface area contributed by atoms with E-state index in [0.717, 1.165) is 7.11 Å². The van der Waals surface area contributed by atoms with Gasteiger partial charge in [-0.2, -0.15) is 13.2 Å². The van der Waals surface area contributed by atoms with Gasteiger partial charge in [0.15, 0.2) is 8.32 Å². The molecule has 0 saturated carbocycles. The molecule has 0 aromatic rings. The summed E-state index contributed by atoms with van der Waals surface area (Å²) in [4.78, 5) is 23.6. The number of carbonyl (C=O) groups is 2. The molecule has 0 fully saturated rings. The van der Waals surface area contributed by atoms with Crippen LogP contribution in [0.15, 0.2) is 0 Å². The van der Waals surface area contributed by atoms with Gasteiger partial charge in [0.05, 0.1) is 13.7 Å². The van der Waals surface area contributed by atoms with Gasteiger partial charge in [-0.15, -0.1) is 0 Å². The lowest BCUT2D eigenvalue weighted by Crippen LogP contribution is -2.64. The Morgan fingerprint density at radius 2 is 1.57 bits per heavy atom. The molecule has 0 amide bonds. The number of methoxy groups -OCH3 is 1. The highest BCUT2D eigenvalue weighted by molar-refractivity contribution is 6.70. The maximum absolute atomic E-state index is 13.4. The topological polar surface area (TPSA) is 61.8 Å². The van der Waals surface area contributed by atoms with Gasteiger partial charge in [-0.1, -0.05) is 13.8 Å². The molecule has 0 aromatic carbocycles. The first-order chi connectivity index (χ1) is 9.28. The molecule has 1 unspecified atom stereocenters. The Morgan fingerprint density at radius 1 is 1.10 bits per heavy atom. The van der Waals surface area contributed by atoms with Crippen LogP contribution in [-0.2, 0) is 23.5 Å². The van der Waals surface area contributed by atoms with Gasteiger partial charge >= 0.3 is 23.7 Å². The lowest BCUT2D eigenvalue weighted by Gasteiger charge is -2.35. The molecule has 21 heavy (non-hydrogen) atoms. The van der Waals surface area contributed by atoms with Gasteiger partial charge in [0.2, 0.25) is 0 Å². The fourth-order valence-electron chi connectivity index (χ4n) is 1.40. The lowest BCUT2D eigenvalue weighted by atomic mass is 10.0. The van der Waals surface area contributed by atoms with Crippen LogP contribution in [0.4, 0.5) is 13.2 Å². The molecule has 0 aliphatic heterocycles. The number of hydrogen-bond acceptors (Lipinski definition) is 5. The van der Waals surface area contributed by atoms with Gasteiger partial charge in [0.1, 0.15) is 0 Å². The maximum Gasteiger partial charge on any atom is 0.438 e. The zero-order chi connectivity index (χ0) is 17.1. The predicted molar refractivity (Wildman–Crippen MR) is 71.0 cm³/mol. The zero-order valence-electron chi connectivity index (χ0n) is 13.0. The van der Waals surface area contributed by atoms with Crippen LogP contribution in [0.1, 0.15) is 13.8 Å². The third-order valence-electron chi connectivity index (χ3n) is 2.17. The van der Waals surface area contributed by atoms with E-state index in [1.807, 2.05) is 0 Å². The first-order valence-corrected chi connectivity index (χ1v) is 9.71. The SMILES string of the molecule is COC(=O)C(O[Si](C)(C)C)(C(=O)OCC(C)C)C(F)(F)F. The third kappa shape index (κ3) is 4.99. The zero-order valence-corrected chi connectivity index (χ0v) is 14.0. The average Bonchev–Trinajstić information content (AvgIpc) is 2.29. The average molecular weight is 330 g/mol. The maximum atomic E-state index is 13.4. The molecular weight excluding hydrogens is 309 g/mol. The van der Waals surface area contributed by atoms with Crippen LogP contribution in [0.5, 0.6) is 0 Å². The van der Waals surface area contributed by atoms with E-state index in [2.05, 4.69) is 9.47 Å². The largest absolute Gasteiger partial charge is 0.466 e. The molecular formula is C12H21F3O5Si. The van der Waals surface area contributed by atoms with E-state index in [0.29, 0.717) is 0 Å². The molecule has 0 N–H and O–H groups in total. The highest BCUT2D eigenvalue weighted by atomic mass is 28.4. The van der Waals surface area contributed by atoms with Crippen molar-refractivity contribution in [1.29, 1.82) is 0 Å². The molecule has 0 spiro atoms. The summed E-state index contributed by atoms with van der Waals surface area (Å²) >= 11 is 0. The second-order valence-electron chi connectivity index (χ2n) is 5.88. The number of alkyl halides is 3. The Morgan fingerprint density at radius 3 is 1.86 bits per heavy atom. The van der Waals surface area contributed by atoms with Crippen LogP contribution in [-0.4, -0.2) is 45.8 Å². The number of rotatable bonds is 6. The van der Waals surface area contributed by atoms with Crippen LogP contribution in [0.2, 0.25) is 19.6 Å². The Kier molecular flexibility index (Phi) is 6.43. The lowest BCUT2D eigenvalue weighted by molar-refractivity contribution is -0.258. The van der Waals surface area contributed by atoms with Crippen LogP contribution in [0.25, 0.3) is 0 Å². The Labute approximate surface area is 122 Å². The third-order valence-corrected chi connectivity index (χ3v) is 3.09. The highest BCUT2D eigenvalue weighted by Crippen LogP contribution is 2.38. The quantitative estimate of drug-likeness (QED) is 0.425. The second-order valence-corrected chi connectivity index (χ2v) is 10.3. The monoisotopic (exact) mass is 330 g/mol. The minimum Gasteiger partial charge on any atom is -0.466 e. The molecule has 0 aliphatic carbocycles. The van der Waals surface area contributed by atoms with E-state index in [-0.39, 0.29) is 12.5 Å². The minimum absolute atomic E-state index is 0.190. The van der Waals surface area contributed by atoms with Gasteiger partial charge in [-0.05, 0) is 25.6 Å². The fourth-order valence-corrected chi connectivity index (χ4v) is 2.60.